The number of hydrogen-bond donors (Lipinski definition) is 1. The number of nitrogens with zero attached hydrogens (tertiary/aromatic N) is 1. The van der Waals surface area contributed by atoms with Gasteiger partial charge in [-0.1, -0.05) is 48.5 Å². The van der Waals surface area contributed by atoms with E-state index in [1.54, 1.807) is 19.1 Å². The van der Waals surface area contributed by atoms with Crippen LogP contribution in [0.5, 0.6) is 11.5 Å². The Morgan fingerprint density at radius 3 is 2.52 bits per heavy atom. The zero-order chi connectivity index (χ0) is 21.6. The Kier molecular flexibility index (Phi) is 6.13. The summed E-state index contributed by atoms with van der Waals surface area (Å²) in [5.74, 6) is 0.372. The van der Waals surface area contributed by atoms with Crippen LogP contribution in [0.15, 0.2) is 78.9 Å². The molecule has 3 aromatic carbocycles. The van der Waals surface area contributed by atoms with Crippen molar-refractivity contribution in [1.82, 2.24) is 4.98 Å². The number of carbonyl (C=O) groups is 1. The molecule has 1 aromatic heterocycles. The van der Waals surface area contributed by atoms with Crippen molar-refractivity contribution in [2.75, 3.05) is 6.61 Å². The second-order valence-electron chi connectivity index (χ2n) is 7.27. The first-order chi connectivity index (χ1) is 15.1. The third-order valence-electron chi connectivity index (χ3n) is 5.06. The molecule has 1 heterocycles. The van der Waals surface area contributed by atoms with E-state index in [2.05, 4.69) is 11.1 Å². The second-order valence-corrected chi connectivity index (χ2v) is 7.27. The summed E-state index contributed by atoms with van der Waals surface area (Å²) >= 11 is 0. The summed E-state index contributed by atoms with van der Waals surface area (Å²) in [6.45, 7) is 2.45. The first-order valence-corrected chi connectivity index (χ1v) is 10.1. The molecule has 0 unspecified atom stereocenters. The number of carboxylic acids is 1. The summed E-state index contributed by atoms with van der Waals surface area (Å²) in [5, 5.41) is 10.6. The van der Waals surface area contributed by atoms with Crippen LogP contribution in [0.4, 0.5) is 0 Å². The molecular weight excluding hydrogens is 390 g/mol. The molecule has 0 aliphatic carbocycles. The van der Waals surface area contributed by atoms with Crippen LogP contribution < -0.4 is 9.47 Å². The second kappa shape index (κ2) is 9.30. The molecule has 0 radical (unpaired) electrons. The predicted molar refractivity (Wildman–Crippen MR) is 120 cm³/mol. The predicted octanol–water partition coefficient (Wildman–Crippen LogP) is 5.44. The molecule has 156 valence electrons. The quantitative estimate of drug-likeness (QED) is 0.416. The molecule has 0 atom stereocenters. The Morgan fingerprint density at radius 2 is 1.68 bits per heavy atom. The van der Waals surface area contributed by atoms with E-state index >= 15 is 0 Å². The number of para-hydroxylation sites is 1. The lowest BCUT2D eigenvalue weighted by Gasteiger charge is -2.12. The Morgan fingerprint density at radius 1 is 0.903 bits per heavy atom. The van der Waals surface area contributed by atoms with Crippen LogP contribution in [0.25, 0.3) is 10.9 Å². The highest BCUT2D eigenvalue weighted by Crippen LogP contribution is 2.22. The highest BCUT2D eigenvalue weighted by atomic mass is 16.5. The molecule has 0 saturated heterocycles. The van der Waals surface area contributed by atoms with Gasteiger partial charge in [-0.3, -0.25) is 4.98 Å². The van der Waals surface area contributed by atoms with E-state index < -0.39 is 5.97 Å². The smallest absolute Gasteiger partial charge is 0.336 e. The molecule has 0 saturated carbocycles. The molecule has 0 aliphatic rings. The third-order valence-corrected chi connectivity index (χ3v) is 5.06. The summed E-state index contributed by atoms with van der Waals surface area (Å²) in [4.78, 5) is 16.2. The fourth-order valence-electron chi connectivity index (χ4n) is 3.49. The maximum absolute atomic E-state index is 11.5. The largest absolute Gasteiger partial charge is 0.493 e. The molecule has 31 heavy (non-hydrogen) atoms. The van der Waals surface area contributed by atoms with Crippen LogP contribution >= 0.6 is 0 Å². The van der Waals surface area contributed by atoms with E-state index in [1.165, 1.54) is 0 Å². The number of aryl methyl sites for hydroxylation is 1. The fourth-order valence-corrected chi connectivity index (χ4v) is 3.49. The molecule has 0 aliphatic heterocycles. The lowest BCUT2D eigenvalue weighted by atomic mass is 10.0. The van der Waals surface area contributed by atoms with E-state index in [4.69, 9.17) is 9.47 Å². The van der Waals surface area contributed by atoms with Crippen molar-refractivity contribution in [3.63, 3.8) is 0 Å². The maximum Gasteiger partial charge on any atom is 0.336 e. The van der Waals surface area contributed by atoms with Crippen LogP contribution in [0, 0.1) is 6.92 Å². The van der Waals surface area contributed by atoms with Crippen LogP contribution in [0.1, 0.15) is 27.2 Å². The van der Waals surface area contributed by atoms with Crippen molar-refractivity contribution >= 4 is 16.9 Å². The Hall–Kier alpha value is -3.86. The number of ether oxygens (including phenoxy) is 2. The van der Waals surface area contributed by atoms with Crippen molar-refractivity contribution in [3.05, 3.63) is 101 Å². The Balaban J connectivity index is 1.36. The molecule has 4 aromatic rings. The molecule has 4 rings (SSSR count). The highest BCUT2D eigenvalue weighted by molar-refractivity contribution is 5.91. The molecule has 0 fully saturated rings. The first kappa shape index (κ1) is 20.4. The summed E-state index contributed by atoms with van der Waals surface area (Å²) < 4.78 is 11.7. The van der Waals surface area contributed by atoms with Crippen molar-refractivity contribution in [1.29, 1.82) is 0 Å². The molecule has 0 bridgehead atoms. The van der Waals surface area contributed by atoms with Gasteiger partial charge in [0, 0.05) is 29.1 Å². The van der Waals surface area contributed by atoms with E-state index in [-0.39, 0.29) is 12.2 Å². The average molecular weight is 413 g/mol. The highest BCUT2D eigenvalue weighted by Gasteiger charge is 2.13. The van der Waals surface area contributed by atoms with E-state index in [0.717, 1.165) is 16.6 Å². The summed E-state index contributed by atoms with van der Waals surface area (Å²) in [7, 11) is 0. The SMILES string of the molecule is Cc1cccc(COc2cccc(OCCc3ccc4ccccc4n3)c2)c1C(=O)O. The minimum Gasteiger partial charge on any atom is -0.493 e. The lowest BCUT2D eigenvalue weighted by molar-refractivity contribution is 0.0693. The fraction of sp³-hybridized carbons (Fsp3) is 0.154. The first-order valence-electron chi connectivity index (χ1n) is 10.1. The van der Waals surface area contributed by atoms with Gasteiger partial charge in [0.05, 0.1) is 17.7 Å². The van der Waals surface area contributed by atoms with Gasteiger partial charge >= 0.3 is 5.97 Å². The minimum atomic E-state index is -0.948. The number of rotatable bonds is 8. The molecule has 5 nitrogen and oxygen atoms in total. The Bertz CT molecular complexity index is 1220. The molecule has 0 amide bonds. The van der Waals surface area contributed by atoms with Crippen molar-refractivity contribution in [3.8, 4) is 11.5 Å². The van der Waals surface area contributed by atoms with Crippen LogP contribution in [0.2, 0.25) is 0 Å². The van der Waals surface area contributed by atoms with Gasteiger partial charge in [-0.15, -0.1) is 0 Å². The Labute approximate surface area is 180 Å². The van der Waals surface area contributed by atoms with Gasteiger partial charge < -0.3 is 14.6 Å². The van der Waals surface area contributed by atoms with Gasteiger partial charge in [0.15, 0.2) is 0 Å². The maximum atomic E-state index is 11.5. The normalized spacial score (nSPS) is 10.7. The van der Waals surface area contributed by atoms with E-state index in [9.17, 15) is 9.90 Å². The minimum absolute atomic E-state index is 0.174. The van der Waals surface area contributed by atoms with Crippen LogP contribution in [-0.4, -0.2) is 22.7 Å². The topological polar surface area (TPSA) is 68.7 Å². The zero-order valence-electron chi connectivity index (χ0n) is 17.2. The number of aromatic carboxylic acids is 1. The zero-order valence-corrected chi connectivity index (χ0v) is 17.2. The number of aromatic nitrogens is 1. The third kappa shape index (κ3) is 5.01. The molecule has 0 spiro atoms. The number of pyridine rings is 1. The standard InChI is InChI=1S/C26H23NO4/c1-18-6-4-8-20(25(18)26(28)29)17-31-23-10-5-9-22(16-23)30-15-14-21-13-12-19-7-2-3-11-24(19)27-21/h2-13,16H,14-15,17H2,1H3,(H,28,29). The summed E-state index contributed by atoms with van der Waals surface area (Å²) in [5.41, 5.74) is 3.60. The average Bonchev–Trinajstić information content (AvgIpc) is 2.77. The molecule has 5 heteroatoms. The van der Waals surface area contributed by atoms with Crippen molar-refractivity contribution in [2.24, 2.45) is 0 Å². The molecular formula is C26H23NO4. The van der Waals surface area contributed by atoms with Gasteiger partial charge in [-0.2, -0.15) is 0 Å². The van der Waals surface area contributed by atoms with Gasteiger partial charge in [0.1, 0.15) is 18.1 Å². The summed E-state index contributed by atoms with van der Waals surface area (Å²) in [6.07, 6.45) is 0.696. The number of fused-ring (bicyclic) bond motifs is 1. The van der Waals surface area contributed by atoms with Crippen molar-refractivity contribution in [2.45, 2.75) is 20.0 Å². The van der Waals surface area contributed by atoms with Gasteiger partial charge in [-0.25, -0.2) is 4.79 Å². The van der Waals surface area contributed by atoms with Crippen molar-refractivity contribution < 1.29 is 19.4 Å². The molecule has 1 N–H and O–H groups in total. The monoisotopic (exact) mass is 413 g/mol. The number of hydrogen-bond acceptors (Lipinski definition) is 4. The van der Waals surface area contributed by atoms with Gasteiger partial charge in [-0.05, 0) is 36.8 Å². The number of benzene rings is 3. The van der Waals surface area contributed by atoms with Gasteiger partial charge in [0.25, 0.3) is 0 Å². The number of carboxylic acid groups (broad SMARTS) is 1. The van der Waals surface area contributed by atoms with Crippen LogP contribution in [0.3, 0.4) is 0 Å². The summed E-state index contributed by atoms with van der Waals surface area (Å²) in [6, 6.07) is 24.9. The lowest BCUT2D eigenvalue weighted by Crippen LogP contribution is -2.08. The van der Waals surface area contributed by atoms with E-state index in [0.29, 0.717) is 35.7 Å². The van der Waals surface area contributed by atoms with Gasteiger partial charge in [0.2, 0.25) is 0 Å². The van der Waals surface area contributed by atoms with E-state index in [1.807, 2.05) is 60.7 Å². The van der Waals surface area contributed by atoms with Crippen LogP contribution in [-0.2, 0) is 13.0 Å².